The van der Waals surface area contributed by atoms with Crippen LogP contribution in [0.4, 0.5) is 5.69 Å². The molecule has 0 spiro atoms. The van der Waals surface area contributed by atoms with Gasteiger partial charge in [-0.05, 0) is 68.5 Å². The highest BCUT2D eigenvalue weighted by Crippen LogP contribution is 2.30. The van der Waals surface area contributed by atoms with Gasteiger partial charge in [0.1, 0.15) is 0 Å². The fourth-order valence-corrected chi connectivity index (χ4v) is 1.86. The molecule has 0 radical (unpaired) electrons. The zero-order valence-electron chi connectivity index (χ0n) is 12.0. The molecule has 6 heteroatoms. The number of anilines is 1. The molecule has 0 aliphatic heterocycles. The fraction of sp³-hybridized carbons (Fsp3) is 0.429. The zero-order valence-corrected chi connectivity index (χ0v) is 14.1. The Morgan fingerprint density at radius 1 is 1.25 bits per heavy atom. The van der Waals surface area contributed by atoms with Crippen molar-refractivity contribution in [2.75, 3.05) is 5.32 Å². The van der Waals surface area contributed by atoms with E-state index in [2.05, 4.69) is 5.32 Å². The van der Waals surface area contributed by atoms with Crippen LogP contribution in [-0.2, 0) is 4.79 Å². The Kier molecular flexibility index (Phi) is 4.81. The lowest BCUT2D eigenvalue weighted by atomic mass is 9.74. The smallest absolute Gasteiger partial charge is 0.337 e. The van der Waals surface area contributed by atoms with Gasteiger partial charge in [0.25, 0.3) is 0 Å². The number of benzene rings is 1. The molecule has 1 aromatic rings. The van der Waals surface area contributed by atoms with Gasteiger partial charge in [0.2, 0.25) is 5.91 Å². The van der Waals surface area contributed by atoms with Crippen LogP contribution in [0.3, 0.4) is 0 Å². The Hall–Kier alpha value is -1.15. The molecule has 0 atom stereocenters. The number of hydrogen-bond acceptors (Lipinski definition) is 3. The van der Waals surface area contributed by atoms with Crippen molar-refractivity contribution in [3.05, 3.63) is 27.3 Å². The molecule has 4 N–H and O–H groups in total. The van der Waals surface area contributed by atoms with Crippen molar-refractivity contribution >= 4 is 40.2 Å². The van der Waals surface area contributed by atoms with Crippen LogP contribution in [0.25, 0.3) is 0 Å². The third-order valence-corrected chi connectivity index (χ3v) is 4.31. The summed E-state index contributed by atoms with van der Waals surface area (Å²) in [6, 6.07) is 4.84. The fourth-order valence-electron chi connectivity index (χ4n) is 1.37. The molecule has 110 valence electrons. The molecule has 0 heterocycles. The molecule has 1 aromatic carbocycles. The van der Waals surface area contributed by atoms with Crippen LogP contribution in [0.5, 0.6) is 0 Å². The van der Waals surface area contributed by atoms with Crippen molar-refractivity contribution in [2.24, 2.45) is 11.1 Å². The Morgan fingerprint density at radius 2 is 1.80 bits per heavy atom. The number of carbonyl (C=O) groups is 2. The number of carboxylic acids is 1. The van der Waals surface area contributed by atoms with Crippen molar-refractivity contribution in [3.63, 3.8) is 0 Å². The second kappa shape index (κ2) is 5.69. The summed E-state index contributed by atoms with van der Waals surface area (Å²) in [5, 5.41) is 11.8. The van der Waals surface area contributed by atoms with E-state index in [1.807, 2.05) is 22.6 Å². The third-order valence-electron chi connectivity index (χ3n) is 3.64. The number of halogens is 1. The third kappa shape index (κ3) is 3.49. The summed E-state index contributed by atoms with van der Waals surface area (Å²) in [4.78, 5) is 23.6. The number of amides is 1. The summed E-state index contributed by atoms with van der Waals surface area (Å²) < 4.78 is 0.788. The molecular weight excluding hydrogens is 371 g/mol. The van der Waals surface area contributed by atoms with Crippen molar-refractivity contribution in [1.82, 2.24) is 0 Å². The lowest BCUT2D eigenvalue weighted by Gasteiger charge is -2.37. The van der Waals surface area contributed by atoms with E-state index in [-0.39, 0.29) is 17.2 Å². The Bertz CT molecular complexity index is 548. The second-order valence-corrected chi connectivity index (χ2v) is 7.04. The highest BCUT2D eigenvalue weighted by Gasteiger charge is 2.40. The maximum atomic E-state index is 12.4. The van der Waals surface area contributed by atoms with E-state index in [1.165, 1.54) is 6.07 Å². The first-order valence-electron chi connectivity index (χ1n) is 6.10. The molecule has 0 aliphatic carbocycles. The van der Waals surface area contributed by atoms with Crippen LogP contribution < -0.4 is 11.1 Å². The van der Waals surface area contributed by atoms with Crippen LogP contribution in [0.15, 0.2) is 18.2 Å². The largest absolute Gasteiger partial charge is 0.478 e. The highest BCUT2D eigenvalue weighted by atomic mass is 127. The van der Waals surface area contributed by atoms with Crippen LogP contribution in [-0.4, -0.2) is 22.5 Å². The second-order valence-electron chi connectivity index (χ2n) is 5.80. The number of aromatic carboxylic acids is 1. The molecule has 0 saturated carbocycles. The quantitative estimate of drug-likeness (QED) is 0.690. The summed E-state index contributed by atoms with van der Waals surface area (Å²) in [7, 11) is 0. The number of nitrogens with one attached hydrogen (secondary N) is 1. The molecule has 5 nitrogen and oxygen atoms in total. The molecule has 1 rings (SSSR count). The van der Waals surface area contributed by atoms with Crippen LogP contribution in [0.2, 0.25) is 0 Å². The van der Waals surface area contributed by atoms with Crippen molar-refractivity contribution < 1.29 is 14.7 Å². The van der Waals surface area contributed by atoms with E-state index in [0.29, 0.717) is 0 Å². The first kappa shape index (κ1) is 16.9. The molecule has 0 bridgehead atoms. The molecule has 0 aliphatic rings. The van der Waals surface area contributed by atoms with Crippen molar-refractivity contribution in [2.45, 2.75) is 33.2 Å². The minimum Gasteiger partial charge on any atom is -0.478 e. The average Bonchev–Trinajstić information content (AvgIpc) is 2.29. The van der Waals surface area contributed by atoms with E-state index in [4.69, 9.17) is 5.73 Å². The molecule has 0 aromatic heterocycles. The highest BCUT2D eigenvalue weighted by molar-refractivity contribution is 14.1. The van der Waals surface area contributed by atoms with Gasteiger partial charge in [0, 0.05) is 9.11 Å². The van der Waals surface area contributed by atoms with Gasteiger partial charge in [-0.25, -0.2) is 4.79 Å². The number of carboxylic acid groups (broad SMARTS) is 1. The maximum absolute atomic E-state index is 12.4. The molecule has 1 amide bonds. The van der Waals surface area contributed by atoms with Crippen molar-refractivity contribution in [1.29, 1.82) is 0 Å². The first-order valence-corrected chi connectivity index (χ1v) is 7.18. The molecule has 0 saturated heterocycles. The van der Waals surface area contributed by atoms with Gasteiger partial charge in [-0.15, -0.1) is 0 Å². The standard InChI is InChI=1S/C14H19IN2O3/c1-13(2,14(3,4)16)12(20)17-10-6-5-8(15)7-9(10)11(18)19/h5-7H,16H2,1-4H3,(H,17,20)(H,18,19). The number of nitrogens with two attached hydrogens (primary N) is 1. The SMILES string of the molecule is CC(C)(N)C(C)(C)C(=O)Nc1ccc(I)cc1C(=O)O. The molecule has 20 heavy (non-hydrogen) atoms. The molecule has 0 unspecified atom stereocenters. The van der Waals surface area contributed by atoms with Crippen LogP contribution in [0.1, 0.15) is 38.1 Å². The number of hydrogen-bond donors (Lipinski definition) is 3. The predicted molar refractivity (Wildman–Crippen MR) is 86.8 cm³/mol. The molecular formula is C14H19IN2O3. The van der Waals surface area contributed by atoms with Gasteiger partial charge in [-0.3, -0.25) is 4.79 Å². The van der Waals surface area contributed by atoms with E-state index in [9.17, 15) is 14.7 Å². The minimum atomic E-state index is -1.08. The van der Waals surface area contributed by atoms with Gasteiger partial charge in [-0.1, -0.05) is 0 Å². The minimum absolute atomic E-state index is 0.0656. The predicted octanol–water partition coefficient (Wildman–Crippen LogP) is 2.69. The van der Waals surface area contributed by atoms with Gasteiger partial charge >= 0.3 is 5.97 Å². The monoisotopic (exact) mass is 390 g/mol. The van der Waals surface area contributed by atoms with E-state index >= 15 is 0 Å². The van der Waals surface area contributed by atoms with Crippen LogP contribution >= 0.6 is 22.6 Å². The lowest BCUT2D eigenvalue weighted by molar-refractivity contribution is -0.126. The first-order chi connectivity index (χ1) is 8.96. The van der Waals surface area contributed by atoms with Crippen molar-refractivity contribution in [3.8, 4) is 0 Å². The van der Waals surface area contributed by atoms with E-state index < -0.39 is 16.9 Å². The summed E-state index contributed by atoms with van der Waals surface area (Å²) in [6.07, 6.45) is 0. The Morgan fingerprint density at radius 3 is 2.25 bits per heavy atom. The maximum Gasteiger partial charge on any atom is 0.337 e. The summed E-state index contributed by atoms with van der Waals surface area (Å²) >= 11 is 2.02. The Labute approximate surface area is 132 Å². The van der Waals surface area contributed by atoms with Gasteiger partial charge in [-0.2, -0.15) is 0 Å². The summed E-state index contributed by atoms with van der Waals surface area (Å²) in [6.45, 7) is 6.99. The van der Waals surface area contributed by atoms with Gasteiger partial charge in [0.05, 0.1) is 16.7 Å². The van der Waals surface area contributed by atoms with Gasteiger partial charge in [0.15, 0.2) is 0 Å². The van der Waals surface area contributed by atoms with E-state index in [1.54, 1.807) is 39.8 Å². The average molecular weight is 390 g/mol. The zero-order chi connectivity index (χ0) is 15.7. The number of carbonyl (C=O) groups excluding carboxylic acids is 1. The van der Waals surface area contributed by atoms with Gasteiger partial charge < -0.3 is 16.2 Å². The van der Waals surface area contributed by atoms with Crippen LogP contribution in [0, 0.1) is 8.99 Å². The number of rotatable bonds is 4. The van der Waals surface area contributed by atoms with E-state index in [0.717, 1.165) is 3.57 Å². The lowest BCUT2D eigenvalue weighted by Crippen LogP contribution is -2.53. The molecule has 0 fully saturated rings. The Balaban J connectivity index is 3.12. The summed E-state index contributed by atoms with van der Waals surface area (Å²) in [5.41, 5.74) is 4.78. The normalized spacial score (nSPS) is 12.1. The summed E-state index contributed by atoms with van der Waals surface area (Å²) in [5.74, 6) is -1.39. The topological polar surface area (TPSA) is 92.4 Å².